The van der Waals surface area contributed by atoms with Crippen molar-refractivity contribution in [2.24, 2.45) is 0 Å². The summed E-state index contributed by atoms with van der Waals surface area (Å²) < 4.78 is 26.7. The summed E-state index contributed by atoms with van der Waals surface area (Å²) in [6.45, 7) is 2.45. The van der Waals surface area contributed by atoms with Gasteiger partial charge in [0.05, 0.1) is 9.77 Å². The van der Waals surface area contributed by atoms with Gasteiger partial charge in [-0.3, -0.25) is 0 Å². The molecule has 2 aromatic rings. The Balaban J connectivity index is 2.21. The normalized spacial score (nSPS) is 11.7. The van der Waals surface area contributed by atoms with Crippen molar-refractivity contribution >= 4 is 38.1 Å². The van der Waals surface area contributed by atoms with Crippen LogP contribution in [0.4, 0.5) is 5.13 Å². The minimum absolute atomic E-state index is 0.232. The molecule has 0 bridgehead atoms. The quantitative estimate of drug-likeness (QED) is 0.788. The van der Waals surface area contributed by atoms with E-state index in [-0.39, 0.29) is 4.90 Å². The van der Waals surface area contributed by atoms with E-state index in [0.717, 1.165) is 23.3 Å². The van der Waals surface area contributed by atoms with Crippen LogP contribution in [-0.2, 0) is 10.0 Å². The van der Waals surface area contributed by atoms with Crippen LogP contribution in [0.5, 0.6) is 0 Å². The first kappa shape index (κ1) is 16.2. The van der Waals surface area contributed by atoms with Gasteiger partial charge in [0.25, 0.3) is 0 Å². The molecule has 0 aliphatic heterocycles. The Bertz CT molecular complexity index is 712. The number of unbranched alkanes of at least 4 members (excludes halogenated alkanes) is 1. The number of anilines is 1. The maximum Gasteiger partial charge on any atom is 0.240 e. The van der Waals surface area contributed by atoms with Gasteiger partial charge in [-0.2, -0.15) is 0 Å². The van der Waals surface area contributed by atoms with E-state index in [2.05, 4.69) is 9.71 Å². The molecule has 0 atom stereocenters. The van der Waals surface area contributed by atoms with E-state index in [1.54, 1.807) is 24.3 Å². The van der Waals surface area contributed by atoms with Crippen LogP contribution < -0.4 is 10.5 Å². The Hall–Kier alpha value is -1.15. The van der Waals surface area contributed by atoms with E-state index < -0.39 is 10.0 Å². The summed E-state index contributed by atoms with van der Waals surface area (Å²) in [6.07, 6.45) is 1.75. The lowest BCUT2D eigenvalue weighted by Gasteiger charge is -2.06. The smallest absolute Gasteiger partial charge is 0.240 e. The number of nitrogens with zero attached hydrogens (tertiary/aromatic N) is 1. The number of thiazole rings is 1. The molecular formula is C13H16ClN3O2S2. The summed E-state index contributed by atoms with van der Waals surface area (Å²) in [4.78, 5) is 4.91. The van der Waals surface area contributed by atoms with Gasteiger partial charge >= 0.3 is 0 Å². The number of aromatic nitrogens is 1. The number of hydrogen-bond acceptors (Lipinski definition) is 5. The van der Waals surface area contributed by atoms with Crippen molar-refractivity contribution in [3.8, 4) is 10.4 Å². The topological polar surface area (TPSA) is 85.1 Å². The second-order valence-corrected chi connectivity index (χ2v) is 7.60. The van der Waals surface area contributed by atoms with Crippen LogP contribution >= 0.6 is 22.9 Å². The van der Waals surface area contributed by atoms with Crippen LogP contribution in [0, 0.1) is 0 Å². The maximum absolute atomic E-state index is 12.1. The highest BCUT2D eigenvalue weighted by Gasteiger charge is 2.15. The lowest BCUT2D eigenvalue weighted by Crippen LogP contribution is -2.24. The number of benzene rings is 1. The summed E-state index contributed by atoms with van der Waals surface area (Å²) in [6, 6.07) is 6.51. The van der Waals surface area contributed by atoms with Crippen molar-refractivity contribution < 1.29 is 8.42 Å². The van der Waals surface area contributed by atoms with Crippen LogP contribution in [0.2, 0.25) is 5.15 Å². The molecule has 0 spiro atoms. The molecule has 0 aliphatic rings. The summed E-state index contributed by atoms with van der Waals surface area (Å²) in [5.74, 6) is 0. The first-order chi connectivity index (χ1) is 9.94. The van der Waals surface area contributed by atoms with Crippen molar-refractivity contribution in [1.29, 1.82) is 0 Å². The number of nitrogens with two attached hydrogens (primary N) is 1. The molecular weight excluding hydrogens is 330 g/mol. The van der Waals surface area contributed by atoms with E-state index >= 15 is 0 Å². The Morgan fingerprint density at radius 1 is 1.33 bits per heavy atom. The third kappa shape index (κ3) is 3.94. The fraction of sp³-hybridized carbons (Fsp3) is 0.308. The van der Waals surface area contributed by atoms with Gasteiger partial charge in [0, 0.05) is 6.54 Å². The van der Waals surface area contributed by atoms with E-state index in [0.29, 0.717) is 16.8 Å². The third-order valence-electron chi connectivity index (χ3n) is 2.85. The molecule has 2 rings (SSSR count). The van der Waals surface area contributed by atoms with Gasteiger partial charge in [0.2, 0.25) is 10.0 Å². The molecule has 0 aliphatic carbocycles. The van der Waals surface area contributed by atoms with Crippen molar-refractivity contribution in [2.45, 2.75) is 24.7 Å². The predicted molar refractivity (Wildman–Crippen MR) is 87.1 cm³/mol. The summed E-state index contributed by atoms with van der Waals surface area (Å²) in [7, 11) is -3.46. The largest absolute Gasteiger partial charge is 0.375 e. The summed E-state index contributed by atoms with van der Waals surface area (Å²) >= 11 is 7.25. The van der Waals surface area contributed by atoms with Gasteiger partial charge in [-0.25, -0.2) is 18.1 Å². The molecule has 1 heterocycles. The molecule has 21 heavy (non-hydrogen) atoms. The van der Waals surface area contributed by atoms with E-state index in [9.17, 15) is 8.42 Å². The number of nitrogen functional groups attached to an aromatic ring is 1. The molecule has 114 valence electrons. The summed E-state index contributed by atoms with van der Waals surface area (Å²) in [5.41, 5.74) is 6.39. The number of hydrogen-bond donors (Lipinski definition) is 2. The number of rotatable bonds is 6. The molecule has 0 fully saturated rings. The molecule has 3 N–H and O–H groups in total. The molecule has 8 heteroatoms. The molecule has 5 nitrogen and oxygen atoms in total. The molecule has 0 saturated carbocycles. The van der Waals surface area contributed by atoms with Gasteiger partial charge in [-0.05, 0) is 24.1 Å². The minimum Gasteiger partial charge on any atom is -0.375 e. The number of halogens is 1. The molecule has 0 saturated heterocycles. The lowest BCUT2D eigenvalue weighted by molar-refractivity contribution is 0.578. The highest BCUT2D eigenvalue weighted by Crippen LogP contribution is 2.35. The molecule has 1 aromatic heterocycles. The Labute approximate surface area is 133 Å². The average Bonchev–Trinajstić information content (AvgIpc) is 2.78. The van der Waals surface area contributed by atoms with Gasteiger partial charge in [-0.1, -0.05) is 48.4 Å². The van der Waals surface area contributed by atoms with Gasteiger partial charge in [0.15, 0.2) is 5.13 Å². The number of nitrogens with one attached hydrogen (secondary N) is 1. The molecule has 0 amide bonds. The van der Waals surface area contributed by atoms with Gasteiger partial charge < -0.3 is 5.73 Å². The fourth-order valence-corrected chi connectivity index (χ4v) is 3.92. The third-order valence-corrected chi connectivity index (χ3v) is 5.65. The zero-order valence-corrected chi connectivity index (χ0v) is 13.9. The SMILES string of the molecule is CCCCNS(=O)(=O)c1ccc(-c2sc(N)nc2Cl)cc1. The second kappa shape index (κ2) is 6.74. The molecule has 0 radical (unpaired) electrons. The zero-order valence-electron chi connectivity index (χ0n) is 11.5. The minimum atomic E-state index is -3.46. The van der Waals surface area contributed by atoms with Crippen LogP contribution in [0.3, 0.4) is 0 Å². The van der Waals surface area contributed by atoms with E-state index in [1.165, 1.54) is 11.3 Å². The van der Waals surface area contributed by atoms with Gasteiger partial charge in [0.1, 0.15) is 5.15 Å². The van der Waals surface area contributed by atoms with Crippen molar-refractivity contribution in [2.75, 3.05) is 12.3 Å². The standard InChI is InChI=1S/C13H16ClN3O2S2/c1-2-3-8-16-21(18,19)10-6-4-9(5-7-10)11-12(14)17-13(15)20-11/h4-7,16H,2-3,8H2,1H3,(H2,15,17). The van der Waals surface area contributed by atoms with Crippen LogP contribution in [0.1, 0.15) is 19.8 Å². The molecule has 1 aromatic carbocycles. The molecule has 0 unspecified atom stereocenters. The average molecular weight is 346 g/mol. The summed E-state index contributed by atoms with van der Waals surface area (Å²) in [5, 5.41) is 0.710. The van der Waals surface area contributed by atoms with Crippen LogP contribution in [0.25, 0.3) is 10.4 Å². The lowest BCUT2D eigenvalue weighted by atomic mass is 10.2. The highest BCUT2D eigenvalue weighted by molar-refractivity contribution is 7.89. The first-order valence-electron chi connectivity index (χ1n) is 6.46. The van der Waals surface area contributed by atoms with Crippen molar-refractivity contribution in [3.63, 3.8) is 0 Å². The second-order valence-electron chi connectivity index (χ2n) is 4.45. The fourth-order valence-electron chi connectivity index (χ4n) is 1.75. The van der Waals surface area contributed by atoms with E-state index in [1.807, 2.05) is 6.92 Å². The van der Waals surface area contributed by atoms with Crippen LogP contribution in [0.15, 0.2) is 29.2 Å². The number of sulfonamides is 1. The van der Waals surface area contributed by atoms with Crippen molar-refractivity contribution in [3.05, 3.63) is 29.4 Å². The Morgan fingerprint density at radius 2 is 2.00 bits per heavy atom. The maximum atomic E-state index is 12.1. The van der Waals surface area contributed by atoms with Gasteiger partial charge in [-0.15, -0.1) is 0 Å². The van der Waals surface area contributed by atoms with E-state index in [4.69, 9.17) is 17.3 Å². The highest BCUT2D eigenvalue weighted by atomic mass is 35.5. The van der Waals surface area contributed by atoms with Crippen LogP contribution in [-0.4, -0.2) is 19.9 Å². The first-order valence-corrected chi connectivity index (χ1v) is 9.13. The Morgan fingerprint density at radius 3 is 2.52 bits per heavy atom. The Kier molecular flexibility index (Phi) is 5.21. The zero-order chi connectivity index (χ0) is 15.5. The predicted octanol–water partition coefficient (Wildman–Crippen LogP) is 3.12. The van der Waals surface area contributed by atoms with Crippen molar-refractivity contribution in [1.82, 2.24) is 9.71 Å². The monoisotopic (exact) mass is 345 g/mol.